The van der Waals surface area contributed by atoms with Gasteiger partial charge in [-0.3, -0.25) is 9.59 Å². The van der Waals surface area contributed by atoms with Crippen molar-refractivity contribution in [2.45, 2.75) is 359 Å². The van der Waals surface area contributed by atoms with Crippen molar-refractivity contribution in [3.05, 3.63) is 72.9 Å². The van der Waals surface area contributed by atoms with Crippen molar-refractivity contribution in [2.24, 2.45) is 0 Å². The molecule has 0 aliphatic carbocycles. The van der Waals surface area contributed by atoms with Gasteiger partial charge < -0.3 is 45.1 Å². The Labute approximate surface area is 509 Å². The highest BCUT2D eigenvalue weighted by Crippen LogP contribution is 2.26. The lowest BCUT2D eigenvalue weighted by molar-refractivity contribution is -0.305. The van der Waals surface area contributed by atoms with Gasteiger partial charge in [-0.05, 0) is 96.3 Å². The summed E-state index contributed by atoms with van der Waals surface area (Å²) in [6.07, 6.45) is 66.4. The molecule has 11 nitrogen and oxygen atoms in total. The molecule has 6 N–H and O–H groups in total. The molecular weight excluding hydrogens is 1040 g/mol. The smallest absolute Gasteiger partial charge is 0.306 e. The van der Waals surface area contributed by atoms with Crippen molar-refractivity contribution in [2.75, 3.05) is 13.2 Å². The fraction of sp³-hybridized carbons (Fsp3) is 0.806. The maximum absolute atomic E-state index is 13.5. The number of allylic oxidation sites excluding steroid dienone is 11. The Morgan fingerprint density at radius 2 is 0.831 bits per heavy atom. The number of hydrogen-bond donors (Lipinski definition) is 6. The van der Waals surface area contributed by atoms with Crippen LogP contribution in [0.1, 0.15) is 310 Å². The van der Waals surface area contributed by atoms with E-state index in [0.717, 1.165) is 96.3 Å². The molecule has 1 heterocycles. The quantitative estimate of drug-likeness (QED) is 0.0195. The van der Waals surface area contributed by atoms with Crippen molar-refractivity contribution in [1.82, 2.24) is 5.32 Å². The molecule has 83 heavy (non-hydrogen) atoms. The zero-order chi connectivity index (χ0) is 60.3. The zero-order valence-electron chi connectivity index (χ0n) is 53.6. The van der Waals surface area contributed by atoms with Crippen LogP contribution in [0.5, 0.6) is 0 Å². The number of ether oxygens (including phenoxy) is 3. The van der Waals surface area contributed by atoms with E-state index in [2.05, 4.69) is 86.8 Å². The van der Waals surface area contributed by atoms with E-state index < -0.39 is 67.4 Å². The minimum atomic E-state index is -1.62. The molecule has 0 saturated carbocycles. The Hall–Kier alpha value is -2.90. The van der Waals surface area contributed by atoms with Crippen molar-refractivity contribution in [3.63, 3.8) is 0 Å². The van der Waals surface area contributed by atoms with Gasteiger partial charge in [-0.25, -0.2) is 0 Å². The van der Waals surface area contributed by atoms with Crippen LogP contribution < -0.4 is 5.32 Å². The monoisotopic (exact) mass is 1170 g/mol. The number of carbonyl (C=O) groups excluding carboxylic acids is 2. The number of esters is 1. The third kappa shape index (κ3) is 46.9. The number of aliphatic hydroxyl groups is 5. The van der Waals surface area contributed by atoms with Gasteiger partial charge >= 0.3 is 5.97 Å². The van der Waals surface area contributed by atoms with Gasteiger partial charge in [0, 0.05) is 6.42 Å². The highest BCUT2D eigenvalue weighted by molar-refractivity contribution is 5.80. The fourth-order valence-corrected chi connectivity index (χ4v) is 10.6. The summed E-state index contributed by atoms with van der Waals surface area (Å²) >= 11 is 0. The van der Waals surface area contributed by atoms with E-state index in [1.807, 2.05) is 6.08 Å². The van der Waals surface area contributed by atoms with Crippen LogP contribution >= 0.6 is 0 Å². The molecular formula is C72H129NO10. The highest BCUT2D eigenvalue weighted by atomic mass is 16.7. The summed E-state index contributed by atoms with van der Waals surface area (Å²) in [6, 6.07) is -1.03. The first-order valence-corrected chi connectivity index (χ1v) is 34.7. The van der Waals surface area contributed by atoms with E-state index in [0.29, 0.717) is 12.8 Å². The van der Waals surface area contributed by atoms with Gasteiger partial charge in [0.25, 0.3) is 0 Å². The van der Waals surface area contributed by atoms with Crippen LogP contribution in [0.15, 0.2) is 72.9 Å². The Bertz CT molecular complexity index is 1630. The van der Waals surface area contributed by atoms with E-state index in [9.17, 15) is 35.1 Å². The Kier molecular flexibility index (Phi) is 55.9. The van der Waals surface area contributed by atoms with Crippen LogP contribution in [0.4, 0.5) is 0 Å². The number of unbranched alkanes of at least 4 members (excludes halogenated alkanes) is 35. The molecule has 0 radical (unpaired) electrons. The van der Waals surface area contributed by atoms with Gasteiger partial charge in [0.2, 0.25) is 5.91 Å². The Balaban J connectivity index is 2.64. The maximum atomic E-state index is 13.5. The van der Waals surface area contributed by atoms with Crippen molar-refractivity contribution < 1.29 is 49.3 Å². The van der Waals surface area contributed by atoms with E-state index in [4.69, 9.17) is 14.2 Å². The van der Waals surface area contributed by atoms with Gasteiger partial charge in [0.05, 0.1) is 25.4 Å². The van der Waals surface area contributed by atoms with E-state index in [-0.39, 0.29) is 19.4 Å². The van der Waals surface area contributed by atoms with Crippen LogP contribution in [0, 0.1) is 0 Å². The predicted molar refractivity (Wildman–Crippen MR) is 347 cm³/mol. The summed E-state index contributed by atoms with van der Waals surface area (Å²) in [5.41, 5.74) is 0. The van der Waals surface area contributed by atoms with Gasteiger partial charge in [-0.1, -0.05) is 280 Å². The van der Waals surface area contributed by atoms with Crippen LogP contribution in [0.25, 0.3) is 0 Å². The molecule has 11 heteroatoms. The second-order valence-corrected chi connectivity index (χ2v) is 23.9. The number of amides is 1. The molecule has 0 bridgehead atoms. The highest BCUT2D eigenvalue weighted by Gasteiger charge is 2.47. The Morgan fingerprint density at radius 1 is 0.470 bits per heavy atom. The molecule has 0 aromatic rings. The van der Waals surface area contributed by atoms with E-state index in [1.54, 1.807) is 6.08 Å². The third-order valence-electron chi connectivity index (χ3n) is 16.1. The van der Waals surface area contributed by atoms with Gasteiger partial charge in [0.1, 0.15) is 24.4 Å². The van der Waals surface area contributed by atoms with Crippen molar-refractivity contribution in [1.29, 1.82) is 0 Å². The van der Waals surface area contributed by atoms with Crippen LogP contribution in [0.3, 0.4) is 0 Å². The summed E-state index contributed by atoms with van der Waals surface area (Å²) in [6.45, 7) is 5.78. The molecule has 1 fully saturated rings. The number of hydrogen-bond acceptors (Lipinski definition) is 10. The largest absolute Gasteiger partial charge is 0.454 e. The molecule has 0 spiro atoms. The van der Waals surface area contributed by atoms with Crippen LogP contribution in [-0.4, -0.2) is 99.6 Å². The molecule has 0 aromatic carbocycles. The van der Waals surface area contributed by atoms with Crippen molar-refractivity contribution in [3.8, 4) is 0 Å². The minimum Gasteiger partial charge on any atom is -0.454 e. The standard InChI is InChI=1S/C72H129NO10/c1-4-7-10-13-16-19-22-25-27-29-31-32-33-35-36-38-41-44-47-50-53-56-59-65(76)71(80)73-63(64(75)58-55-52-49-46-43-40-24-21-18-15-12-9-6-3)62-81-72-70(69(79)68(78)66(61-74)82-72)83-67(77)60-57-54-51-48-45-42-39-37-34-30-28-26-23-20-17-14-11-8-5-2/h16,19,25-28,31-32,35-36,55,58,63-66,68-70,72,74-76,78-79H,4-15,17-18,20-24,29-30,33-34,37-54,56-57,59-62H2,1-3H3,(H,73,80)/b19-16-,27-25-,28-26+,32-31-,36-35-,58-55+. The maximum Gasteiger partial charge on any atom is 0.306 e. The molecule has 0 aromatic heterocycles. The average molecular weight is 1170 g/mol. The summed E-state index contributed by atoms with van der Waals surface area (Å²) < 4.78 is 17.7. The second kappa shape index (κ2) is 59.4. The summed E-state index contributed by atoms with van der Waals surface area (Å²) in [5.74, 6) is -1.20. The Morgan fingerprint density at radius 3 is 1.28 bits per heavy atom. The number of nitrogens with one attached hydrogen (secondary N) is 1. The molecule has 1 aliphatic heterocycles. The van der Waals surface area contributed by atoms with Crippen LogP contribution in [0.2, 0.25) is 0 Å². The normalized spacial score (nSPS) is 19.0. The van der Waals surface area contributed by atoms with Crippen LogP contribution in [-0.2, 0) is 23.8 Å². The molecule has 8 unspecified atom stereocenters. The SMILES string of the molecule is CCCCC/C=C\C/C=C\C/C=C\C/C=C\CCCCCCCCC(O)C(=O)NC(COC1OC(CO)C(O)C(O)C1OC(=O)CCCCCCCCCCC/C=C/CCCCCCCC)C(O)/C=C/CCCCCCCCCCCCC. The lowest BCUT2D eigenvalue weighted by Crippen LogP contribution is -2.61. The number of aliphatic hydroxyl groups excluding tert-OH is 5. The molecule has 1 saturated heterocycles. The lowest BCUT2D eigenvalue weighted by Gasteiger charge is -2.41. The van der Waals surface area contributed by atoms with E-state index >= 15 is 0 Å². The topological polar surface area (TPSA) is 175 Å². The fourth-order valence-electron chi connectivity index (χ4n) is 10.6. The zero-order valence-corrected chi connectivity index (χ0v) is 53.6. The molecule has 1 rings (SSSR count). The van der Waals surface area contributed by atoms with E-state index in [1.165, 1.54) is 167 Å². The first-order valence-electron chi connectivity index (χ1n) is 34.7. The van der Waals surface area contributed by atoms with Gasteiger partial charge in [-0.2, -0.15) is 0 Å². The summed E-state index contributed by atoms with van der Waals surface area (Å²) in [7, 11) is 0. The average Bonchev–Trinajstić information content (AvgIpc) is 3.54. The molecule has 1 amide bonds. The first-order chi connectivity index (χ1) is 40.7. The second-order valence-electron chi connectivity index (χ2n) is 23.9. The number of carbonyl (C=O) groups is 2. The summed E-state index contributed by atoms with van der Waals surface area (Å²) in [4.78, 5) is 26.7. The lowest BCUT2D eigenvalue weighted by atomic mass is 9.99. The van der Waals surface area contributed by atoms with Gasteiger partial charge in [0.15, 0.2) is 12.4 Å². The van der Waals surface area contributed by atoms with Crippen molar-refractivity contribution >= 4 is 11.9 Å². The molecule has 1 aliphatic rings. The third-order valence-corrected chi connectivity index (χ3v) is 16.1. The van der Waals surface area contributed by atoms with Gasteiger partial charge in [-0.15, -0.1) is 0 Å². The predicted octanol–water partition coefficient (Wildman–Crippen LogP) is 17.5. The molecule has 482 valence electrons. The first kappa shape index (κ1) is 78.1. The minimum absolute atomic E-state index is 0.119. The summed E-state index contributed by atoms with van der Waals surface area (Å²) in [5, 5.41) is 57.2. The number of rotatable bonds is 59. The molecule has 8 atom stereocenters.